The first-order chi connectivity index (χ1) is 32.7. The van der Waals surface area contributed by atoms with Gasteiger partial charge in [-0.3, -0.25) is 0 Å². The molecular weight excluding hydrogens is 799 g/mol. The lowest BCUT2D eigenvalue weighted by Gasteiger charge is -2.26. The third kappa shape index (κ3) is 6.42. The van der Waals surface area contributed by atoms with Gasteiger partial charge in [0.15, 0.2) is 0 Å². The molecule has 308 valence electrons. The van der Waals surface area contributed by atoms with Crippen LogP contribution in [-0.2, 0) is 0 Å². The Bertz CT molecular complexity index is 3970. The van der Waals surface area contributed by atoms with Crippen molar-refractivity contribution in [1.29, 1.82) is 0 Å². The Kier molecular flexibility index (Phi) is 8.89. The van der Waals surface area contributed by atoms with Gasteiger partial charge in [0.2, 0.25) is 0 Å². The Hall–Kier alpha value is -8.72. The first kappa shape index (κ1) is 37.8. The number of hydrogen-bond acceptors (Lipinski definition) is 2. The van der Waals surface area contributed by atoms with Crippen molar-refractivity contribution in [1.82, 2.24) is 0 Å². The molecule has 0 bridgehead atoms. The summed E-state index contributed by atoms with van der Waals surface area (Å²) in [7, 11) is 0. The van der Waals surface area contributed by atoms with Crippen LogP contribution < -0.4 is 4.90 Å². The Morgan fingerprint density at radius 2 is 0.758 bits per heavy atom. The van der Waals surface area contributed by atoms with E-state index in [0.717, 1.165) is 55.5 Å². The number of furan rings is 1. The highest BCUT2D eigenvalue weighted by Gasteiger charge is 2.18. The van der Waals surface area contributed by atoms with E-state index in [1.807, 2.05) is 0 Å². The fourth-order valence-electron chi connectivity index (χ4n) is 10.2. The van der Waals surface area contributed by atoms with Gasteiger partial charge >= 0.3 is 0 Å². The van der Waals surface area contributed by atoms with Crippen LogP contribution >= 0.6 is 0 Å². The molecule has 0 atom stereocenters. The number of fused-ring (bicyclic) bond motifs is 9. The Morgan fingerprint density at radius 3 is 1.52 bits per heavy atom. The van der Waals surface area contributed by atoms with Crippen LogP contribution in [0.4, 0.5) is 17.1 Å². The summed E-state index contributed by atoms with van der Waals surface area (Å²) in [6.45, 7) is 0. The normalized spacial score (nSPS) is 11.6. The highest BCUT2D eigenvalue weighted by Crippen LogP contribution is 2.43. The summed E-state index contributed by atoms with van der Waals surface area (Å²) >= 11 is 0. The molecule has 13 rings (SSSR count). The molecule has 0 spiro atoms. The van der Waals surface area contributed by atoms with E-state index in [1.165, 1.54) is 71.1 Å². The van der Waals surface area contributed by atoms with Crippen molar-refractivity contribution in [3.63, 3.8) is 0 Å². The van der Waals surface area contributed by atoms with Crippen molar-refractivity contribution in [3.05, 3.63) is 249 Å². The predicted octanol–water partition coefficient (Wildman–Crippen LogP) is 18.3. The standard InChI is InChI=1S/C64H41NO/c1-4-16-55-45(10-1)13-8-19-57(55)48-24-22-42(23-25-48)43-28-34-52(35-29-43)65(53-36-30-44(31-37-53)49-33-38-58-51(40-49)27-26-46-11-2-5-17-56(46)58)54-15-7-14-50(41-54)59-20-9-21-62-63(59)61-39-32-47-12-3-6-18-60(47)64(61)66-62/h1-41H. The molecule has 0 saturated heterocycles. The summed E-state index contributed by atoms with van der Waals surface area (Å²) < 4.78 is 6.62. The maximum Gasteiger partial charge on any atom is 0.143 e. The highest BCUT2D eigenvalue weighted by atomic mass is 16.3. The van der Waals surface area contributed by atoms with Crippen molar-refractivity contribution in [3.8, 4) is 44.5 Å². The van der Waals surface area contributed by atoms with Gasteiger partial charge < -0.3 is 9.32 Å². The van der Waals surface area contributed by atoms with E-state index in [9.17, 15) is 0 Å². The minimum atomic E-state index is 0.888. The van der Waals surface area contributed by atoms with Crippen molar-refractivity contribution in [2.75, 3.05) is 4.90 Å². The summed E-state index contributed by atoms with van der Waals surface area (Å²) in [4.78, 5) is 2.37. The minimum absolute atomic E-state index is 0.888. The Labute approximate surface area is 382 Å². The van der Waals surface area contributed by atoms with Gasteiger partial charge in [0, 0.05) is 33.2 Å². The first-order valence-corrected chi connectivity index (χ1v) is 22.6. The largest absolute Gasteiger partial charge is 0.455 e. The number of anilines is 3. The fraction of sp³-hybridized carbons (Fsp3) is 0. The molecule has 1 aromatic heterocycles. The van der Waals surface area contributed by atoms with Crippen molar-refractivity contribution < 1.29 is 4.42 Å². The van der Waals surface area contributed by atoms with E-state index in [0.29, 0.717) is 0 Å². The van der Waals surface area contributed by atoms with Crippen LogP contribution in [0.15, 0.2) is 253 Å². The molecule has 0 N–H and O–H groups in total. The molecular formula is C64H41NO. The molecule has 66 heavy (non-hydrogen) atoms. The minimum Gasteiger partial charge on any atom is -0.455 e. The molecule has 0 amide bonds. The molecule has 2 heteroatoms. The van der Waals surface area contributed by atoms with Gasteiger partial charge in [-0.2, -0.15) is 0 Å². The molecule has 12 aromatic carbocycles. The molecule has 0 aliphatic carbocycles. The number of hydrogen-bond donors (Lipinski definition) is 0. The average Bonchev–Trinajstić information content (AvgIpc) is 3.79. The van der Waals surface area contributed by atoms with E-state index in [-0.39, 0.29) is 0 Å². The monoisotopic (exact) mass is 839 g/mol. The lowest BCUT2D eigenvalue weighted by molar-refractivity contribution is 0.673. The van der Waals surface area contributed by atoms with Crippen LogP contribution in [-0.4, -0.2) is 0 Å². The maximum absolute atomic E-state index is 6.62. The van der Waals surface area contributed by atoms with Gasteiger partial charge in [0.1, 0.15) is 11.2 Å². The van der Waals surface area contributed by atoms with Gasteiger partial charge in [-0.05, 0) is 137 Å². The molecule has 0 radical (unpaired) electrons. The molecule has 1 heterocycles. The van der Waals surface area contributed by atoms with E-state index in [2.05, 4.69) is 254 Å². The second kappa shape index (κ2) is 15.5. The number of rotatable bonds is 7. The molecule has 0 fully saturated rings. The van der Waals surface area contributed by atoms with Crippen LogP contribution in [0.25, 0.3) is 110 Å². The van der Waals surface area contributed by atoms with Crippen LogP contribution in [0, 0.1) is 0 Å². The van der Waals surface area contributed by atoms with E-state index in [4.69, 9.17) is 4.42 Å². The van der Waals surface area contributed by atoms with Crippen molar-refractivity contribution in [2.45, 2.75) is 0 Å². The summed E-state index contributed by atoms with van der Waals surface area (Å²) in [5.74, 6) is 0. The molecule has 0 aliphatic rings. The SMILES string of the molecule is c1cc(-c2cccc3oc4c5ccccc5ccc4c23)cc(N(c2ccc(-c3ccc(-c4cccc5ccccc45)cc3)cc2)c2ccc(-c3ccc4c(ccc5ccccc54)c3)cc2)c1. The van der Waals surface area contributed by atoms with Crippen molar-refractivity contribution in [2.24, 2.45) is 0 Å². The Morgan fingerprint density at radius 1 is 0.258 bits per heavy atom. The lowest BCUT2D eigenvalue weighted by Crippen LogP contribution is -2.10. The maximum atomic E-state index is 6.62. The number of benzene rings is 12. The molecule has 0 saturated carbocycles. The van der Waals surface area contributed by atoms with E-state index >= 15 is 0 Å². The van der Waals surface area contributed by atoms with Gasteiger partial charge in [0.05, 0.1) is 0 Å². The fourth-order valence-corrected chi connectivity index (χ4v) is 10.2. The third-order valence-corrected chi connectivity index (χ3v) is 13.5. The van der Waals surface area contributed by atoms with Crippen LogP contribution in [0.3, 0.4) is 0 Å². The zero-order valence-corrected chi connectivity index (χ0v) is 36.0. The van der Waals surface area contributed by atoms with Crippen LogP contribution in [0.1, 0.15) is 0 Å². The third-order valence-electron chi connectivity index (χ3n) is 13.5. The quantitative estimate of drug-likeness (QED) is 0.149. The highest BCUT2D eigenvalue weighted by molar-refractivity contribution is 6.19. The van der Waals surface area contributed by atoms with E-state index < -0.39 is 0 Å². The van der Waals surface area contributed by atoms with Gasteiger partial charge in [-0.25, -0.2) is 0 Å². The van der Waals surface area contributed by atoms with Gasteiger partial charge in [0.25, 0.3) is 0 Å². The van der Waals surface area contributed by atoms with Crippen molar-refractivity contribution >= 4 is 82.1 Å². The van der Waals surface area contributed by atoms with Gasteiger partial charge in [-0.15, -0.1) is 0 Å². The summed E-state index contributed by atoms with van der Waals surface area (Å²) in [6, 6.07) is 90.2. The van der Waals surface area contributed by atoms with Gasteiger partial charge in [-0.1, -0.05) is 194 Å². The molecule has 0 unspecified atom stereocenters. The Balaban J connectivity index is 0.893. The second-order valence-electron chi connectivity index (χ2n) is 17.3. The molecule has 0 aliphatic heterocycles. The zero-order chi connectivity index (χ0) is 43.6. The topological polar surface area (TPSA) is 16.4 Å². The predicted molar refractivity (Wildman–Crippen MR) is 280 cm³/mol. The smallest absolute Gasteiger partial charge is 0.143 e. The lowest BCUT2D eigenvalue weighted by atomic mass is 9.96. The average molecular weight is 840 g/mol. The molecule has 2 nitrogen and oxygen atoms in total. The second-order valence-corrected chi connectivity index (χ2v) is 17.3. The molecule has 13 aromatic rings. The summed E-state index contributed by atoms with van der Waals surface area (Å²) in [5, 5.41) is 12.1. The first-order valence-electron chi connectivity index (χ1n) is 22.6. The zero-order valence-electron chi connectivity index (χ0n) is 36.0. The van der Waals surface area contributed by atoms with Crippen LogP contribution in [0.2, 0.25) is 0 Å². The number of nitrogens with zero attached hydrogens (tertiary/aromatic N) is 1. The van der Waals surface area contributed by atoms with Crippen LogP contribution in [0.5, 0.6) is 0 Å². The summed E-state index contributed by atoms with van der Waals surface area (Å²) in [5.41, 5.74) is 14.5. The summed E-state index contributed by atoms with van der Waals surface area (Å²) in [6.07, 6.45) is 0. The van der Waals surface area contributed by atoms with E-state index in [1.54, 1.807) is 0 Å².